The lowest BCUT2D eigenvalue weighted by Gasteiger charge is -2.41. The maximum atomic E-state index is 6.49. The maximum absolute atomic E-state index is 6.49. The third kappa shape index (κ3) is 3.37. The lowest BCUT2D eigenvalue weighted by Crippen LogP contribution is -2.50. The highest BCUT2D eigenvalue weighted by molar-refractivity contribution is 5.87. The number of nitrogens with two attached hydrogens (primary N) is 1. The Bertz CT molecular complexity index is 1390. The number of rotatable bonds is 3. The van der Waals surface area contributed by atoms with Crippen molar-refractivity contribution in [1.29, 1.82) is 0 Å². The average Bonchev–Trinajstić information content (AvgIpc) is 3.66. The number of H-pyrrole nitrogens is 2. The van der Waals surface area contributed by atoms with Crippen LogP contribution in [0.25, 0.3) is 22.4 Å². The van der Waals surface area contributed by atoms with Gasteiger partial charge in [0.05, 0.1) is 42.2 Å². The van der Waals surface area contributed by atoms with Crippen LogP contribution in [0, 0.1) is 5.41 Å². The van der Waals surface area contributed by atoms with E-state index in [1.54, 1.807) is 6.20 Å². The zero-order valence-corrected chi connectivity index (χ0v) is 20.3. The summed E-state index contributed by atoms with van der Waals surface area (Å²) >= 11 is 0. The molecule has 186 valence electrons. The standard InChI is InChI=1S/C25H30N10O/c1-15-22(26)25(14-36-15)6-9-34(10-7-25)20-13-27-21-23(31-20)32-33-24(21)35-8-2-3-18-19(35)5-4-17(30-18)16-11-28-29-12-16/h4-5,11-13,15,22H,2-3,6-10,14,26H2,1H3,(H,28,29)(H,31,32,33)/t15-,22+/m0/s1. The van der Waals surface area contributed by atoms with Gasteiger partial charge in [-0.1, -0.05) is 0 Å². The van der Waals surface area contributed by atoms with Crippen molar-refractivity contribution >= 4 is 28.5 Å². The molecule has 2 atom stereocenters. The molecule has 7 heterocycles. The van der Waals surface area contributed by atoms with Crippen LogP contribution in [0.5, 0.6) is 0 Å². The van der Waals surface area contributed by atoms with Crippen molar-refractivity contribution < 1.29 is 4.74 Å². The molecule has 36 heavy (non-hydrogen) atoms. The molecule has 4 aromatic heterocycles. The van der Waals surface area contributed by atoms with E-state index >= 15 is 0 Å². The molecular formula is C25H30N10O. The van der Waals surface area contributed by atoms with E-state index in [9.17, 15) is 0 Å². The highest BCUT2D eigenvalue weighted by Gasteiger charge is 2.47. The molecule has 3 aliphatic heterocycles. The van der Waals surface area contributed by atoms with Crippen LogP contribution >= 0.6 is 0 Å². The first-order valence-electron chi connectivity index (χ1n) is 12.7. The molecule has 0 unspecified atom stereocenters. The van der Waals surface area contributed by atoms with Crippen molar-refractivity contribution in [2.75, 3.05) is 36.0 Å². The Kier molecular flexibility index (Phi) is 4.97. The molecule has 0 saturated carbocycles. The lowest BCUT2D eigenvalue weighted by molar-refractivity contribution is 0.0974. The third-order valence-corrected chi connectivity index (χ3v) is 8.25. The van der Waals surface area contributed by atoms with Gasteiger partial charge in [0.15, 0.2) is 17.0 Å². The summed E-state index contributed by atoms with van der Waals surface area (Å²) < 4.78 is 5.87. The van der Waals surface area contributed by atoms with Gasteiger partial charge in [0, 0.05) is 42.9 Å². The van der Waals surface area contributed by atoms with E-state index in [0.29, 0.717) is 5.65 Å². The Hall–Kier alpha value is -3.57. The number of anilines is 3. The van der Waals surface area contributed by atoms with Crippen molar-refractivity contribution in [3.63, 3.8) is 0 Å². The number of hydrogen-bond acceptors (Lipinski definition) is 9. The number of aromatic nitrogens is 7. The largest absolute Gasteiger partial charge is 0.376 e. The number of ether oxygens (including phenoxy) is 1. The van der Waals surface area contributed by atoms with Gasteiger partial charge in [-0.25, -0.2) is 9.97 Å². The summed E-state index contributed by atoms with van der Waals surface area (Å²) in [7, 11) is 0. The van der Waals surface area contributed by atoms with E-state index in [1.165, 1.54) is 0 Å². The Labute approximate surface area is 208 Å². The normalized spacial score (nSPS) is 23.5. The topological polar surface area (TPSA) is 138 Å². The minimum atomic E-state index is 0.0851. The number of aryl methyl sites for hydroxylation is 1. The lowest BCUT2D eigenvalue weighted by atomic mass is 9.73. The Morgan fingerprint density at radius 2 is 2.03 bits per heavy atom. The summed E-state index contributed by atoms with van der Waals surface area (Å²) in [6, 6.07) is 4.25. The number of aromatic amines is 2. The summed E-state index contributed by atoms with van der Waals surface area (Å²) in [5, 5.41) is 14.7. The first kappa shape index (κ1) is 21.7. The van der Waals surface area contributed by atoms with Gasteiger partial charge in [-0.05, 0) is 44.7 Å². The first-order chi connectivity index (χ1) is 17.6. The molecule has 0 aromatic carbocycles. The number of pyridine rings is 1. The molecule has 11 nitrogen and oxygen atoms in total. The van der Waals surface area contributed by atoms with Crippen molar-refractivity contribution in [3.8, 4) is 11.3 Å². The predicted molar refractivity (Wildman–Crippen MR) is 136 cm³/mol. The summed E-state index contributed by atoms with van der Waals surface area (Å²) in [6.45, 7) is 5.49. The molecule has 0 bridgehead atoms. The number of nitrogens with zero attached hydrogens (tertiary/aromatic N) is 7. The summed E-state index contributed by atoms with van der Waals surface area (Å²) in [5.41, 5.74) is 12.1. The second kappa shape index (κ2) is 8.24. The van der Waals surface area contributed by atoms with E-state index in [1.807, 2.05) is 18.5 Å². The minimum absolute atomic E-state index is 0.0851. The number of hydrogen-bond donors (Lipinski definition) is 3. The van der Waals surface area contributed by atoms with Gasteiger partial charge in [-0.15, -0.1) is 0 Å². The molecule has 0 radical (unpaired) electrons. The number of piperidine rings is 1. The van der Waals surface area contributed by atoms with E-state index in [2.05, 4.69) is 43.2 Å². The Morgan fingerprint density at radius 3 is 2.81 bits per heavy atom. The Balaban J connectivity index is 1.14. The van der Waals surface area contributed by atoms with Crippen molar-refractivity contribution in [2.24, 2.45) is 11.1 Å². The van der Waals surface area contributed by atoms with Crippen LogP contribution in [0.15, 0.2) is 30.7 Å². The monoisotopic (exact) mass is 486 g/mol. The second-order valence-corrected chi connectivity index (χ2v) is 10.3. The molecule has 4 N–H and O–H groups in total. The van der Waals surface area contributed by atoms with Gasteiger partial charge in [-0.3, -0.25) is 15.2 Å². The van der Waals surface area contributed by atoms with Gasteiger partial charge in [0.1, 0.15) is 5.82 Å². The van der Waals surface area contributed by atoms with E-state index in [-0.39, 0.29) is 17.6 Å². The van der Waals surface area contributed by atoms with Crippen LogP contribution in [0.4, 0.5) is 17.3 Å². The molecular weight excluding hydrogens is 456 g/mol. The summed E-state index contributed by atoms with van der Waals surface area (Å²) in [4.78, 5) is 19.1. The molecule has 7 rings (SSSR count). The summed E-state index contributed by atoms with van der Waals surface area (Å²) in [6.07, 6.45) is 9.59. The van der Waals surface area contributed by atoms with Gasteiger partial charge in [0.2, 0.25) is 0 Å². The number of fused-ring (bicyclic) bond motifs is 2. The van der Waals surface area contributed by atoms with Crippen LogP contribution in [0.3, 0.4) is 0 Å². The molecule has 11 heteroatoms. The van der Waals surface area contributed by atoms with E-state index < -0.39 is 0 Å². The smallest absolute Gasteiger partial charge is 0.183 e. The average molecular weight is 487 g/mol. The van der Waals surface area contributed by atoms with Crippen LogP contribution < -0.4 is 15.5 Å². The third-order valence-electron chi connectivity index (χ3n) is 8.25. The van der Waals surface area contributed by atoms with Gasteiger partial charge >= 0.3 is 0 Å². The van der Waals surface area contributed by atoms with Gasteiger partial charge < -0.3 is 20.3 Å². The van der Waals surface area contributed by atoms with Crippen molar-refractivity contribution in [1.82, 2.24) is 35.3 Å². The Morgan fingerprint density at radius 1 is 1.14 bits per heavy atom. The van der Waals surface area contributed by atoms with Crippen LogP contribution in [0.2, 0.25) is 0 Å². The van der Waals surface area contributed by atoms with Crippen molar-refractivity contribution in [3.05, 3.63) is 36.4 Å². The molecule has 3 aliphatic rings. The van der Waals surface area contributed by atoms with Crippen molar-refractivity contribution in [2.45, 2.75) is 44.8 Å². The second-order valence-electron chi connectivity index (χ2n) is 10.3. The first-order valence-corrected chi connectivity index (χ1v) is 12.7. The molecule has 0 aliphatic carbocycles. The van der Waals surface area contributed by atoms with E-state index in [0.717, 1.165) is 91.7 Å². The quantitative estimate of drug-likeness (QED) is 0.399. The van der Waals surface area contributed by atoms with Crippen LogP contribution in [-0.2, 0) is 11.2 Å². The minimum Gasteiger partial charge on any atom is -0.376 e. The van der Waals surface area contributed by atoms with Gasteiger partial charge in [0.25, 0.3) is 0 Å². The van der Waals surface area contributed by atoms with Crippen LogP contribution in [0.1, 0.15) is 31.9 Å². The molecule has 2 fully saturated rings. The molecule has 2 saturated heterocycles. The number of nitrogens with one attached hydrogen (secondary N) is 2. The molecule has 0 amide bonds. The SMILES string of the molecule is C[C@@H]1OCC2(CCN(c3cnc4c(N5CCCc6nc(-c7cn[nH]c7)ccc65)n[nH]c4n3)CC2)[C@@H]1N. The maximum Gasteiger partial charge on any atom is 0.183 e. The predicted octanol–water partition coefficient (Wildman–Crippen LogP) is 2.55. The highest BCUT2D eigenvalue weighted by atomic mass is 16.5. The molecule has 1 spiro atoms. The fourth-order valence-electron chi connectivity index (χ4n) is 6.00. The molecule has 4 aromatic rings. The van der Waals surface area contributed by atoms with E-state index in [4.69, 9.17) is 25.4 Å². The fourth-order valence-corrected chi connectivity index (χ4v) is 6.00. The fraction of sp³-hybridized carbons (Fsp3) is 0.480. The zero-order chi connectivity index (χ0) is 24.3. The highest BCUT2D eigenvalue weighted by Crippen LogP contribution is 2.42. The van der Waals surface area contributed by atoms with Crippen LogP contribution in [-0.4, -0.2) is 73.7 Å². The van der Waals surface area contributed by atoms with Gasteiger partial charge in [-0.2, -0.15) is 10.2 Å². The zero-order valence-electron chi connectivity index (χ0n) is 20.3. The summed E-state index contributed by atoms with van der Waals surface area (Å²) in [5.74, 6) is 1.67.